The number of aliphatic hydroxyl groups is 1. The van der Waals surface area contributed by atoms with Crippen LogP contribution in [0.3, 0.4) is 0 Å². The molecule has 3 heteroatoms. The Balaban J connectivity index is 2.86. The smallest absolute Gasteiger partial charge is 0.113 e. The van der Waals surface area contributed by atoms with E-state index in [0.29, 0.717) is 5.15 Å². The molecule has 0 saturated heterocycles. The highest BCUT2D eigenvalue weighted by atomic mass is 35.5. The third kappa shape index (κ3) is 1.64. The Bertz CT molecular complexity index is 514. The Hall–Kier alpha value is -0.990. The molecule has 0 radical (unpaired) electrons. The number of benzene rings is 1. The number of aliphatic hydroxyl groups excluding tert-OH is 1. The third-order valence-electron chi connectivity index (χ3n) is 2.66. The van der Waals surface area contributed by atoms with Crippen LogP contribution in [0.4, 0.5) is 0 Å². The number of hydrogen-bond donors (Lipinski definition) is 2. The zero-order valence-electron chi connectivity index (χ0n) is 9.06. The van der Waals surface area contributed by atoms with Crippen molar-refractivity contribution in [3.63, 3.8) is 0 Å². The summed E-state index contributed by atoms with van der Waals surface area (Å²) < 4.78 is 0. The van der Waals surface area contributed by atoms with Gasteiger partial charge in [0.2, 0.25) is 0 Å². The van der Waals surface area contributed by atoms with Gasteiger partial charge in [-0.2, -0.15) is 0 Å². The fourth-order valence-corrected chi connectivity index (χ4v) is 2.40. The van der Waals surface area contributed by atoms with Crippen LogP contribution in [0.15, 0.2) is 12.1 Å². The van der Waals surface area contributed by atoms with Crippen molar-refractivity contribution in [2.24, 2.45) is 0 Å². The summed E-state index contributed by atoms with van der Waals surface area (Å²) in [5.41, 5.74) is 4.14. The minimum Gasteiger partial charge on any atom is -0.389 e. The molecule has 0 bridgehead atoms. The topological polar surface area (TPSA) is 36.0 Å². The lowest BCUT2D eigenvalue weighted by molar-refractivity contribution is 0.201. The van der Waals surface area contributed by atoms with Crippen LogP contribution < -0.4 is 0 Å². The largest absolute Gasteiger partial charge is 0.389 e. The van der Waals surface area contributed by atoms with Gasteiger partial charge in [-0.05, 0) is 32.4 Å². The maximum Gasteiger partial charge on any atom is 0.113 e. The molecule has 1 atom stereocenters. The normalized spacial score (nSPS) is 13.4. The van der Waals surface area contributed by atoms with E-state index in [4.69, 9.17) is 11.6 Å². The van der Waals surface area contributed by atoms with Crippen LogP contribution in [0.5, 0.6) is 0 Å². The van der Waals surface area contributed by atoms with Crippen molar-refractivity contribution in [3.8, 4) is 0 Å². The molecule has 15 heavy (non-hydrogen) atoms. The van der Waals surface area contributed by atoms with E-state index in [1.807, 2.05) is 19.9 Å². The van der Waals surface area contributed by atoms with Gasteiger partial charge in [0.05, 0.1) is 6.10 Å². The van der Waals surface area contributed by atoms with Gasteiger partial charge in [-0.3, -0.25) is 0 Å². The Morgan fingerprint density at radius 2 is 2.00 bits per heavy atom. The second kappa shape index (κ2) is 3.54. The molecule has 2 N–H and O–H groups in total. The standard InChI is InChI=1S/C12H14ClNO/c1-6-4-7(2)11-9(5-6)10(8(3)15)12(13)14-11/h4-5,8,14-15H,1-3H3. The molecule has 2 rings (SSSR count). The molecule has 0 aliphatic heterocycles. The first-order valence-corrected chi connectivity index (χ1v) is 5.35. The predicted octanol–water partition coefficient (Wildman–Crippen LogP) is 3.49. The predicted molar refractivity (Wildman–Crippen MR) is 63.4 cm³/mol. The highest BCUT2D eigenvalue weighted by Crippen LogP contribution is 2.33. The van der Waals surface area contributed by atoms with Gasteiger partial charge in [0, 0.05) is 16.5 Å². The third-order valence-corrected chi connectivity index (χ3v) is 2.96. The average molecular weight is 224 g/mol. The van der Waals surface area contributed by atoms with Crippen molar-refractivity contribution in [3.05, 3.63) is 34.0 Å². The molecule has 0 aliphatic rings. The van der Waals surface area contributed by atoms with Crippen molar-refractivity contribution in [1.29, 1.82) is 0 Å². The van der Waals surface area contributed by atoms with Crippen LogP contribution in [0.1, 0.15) is 29.7 Å². The molecule has 2 aromatic rings. The van der Waals surface area contributed by atoms with E-state index in [-0.39, 0.29) is 0 Å². The number of aromatic nitrogens is 1. The van der Waals surface area contributed by atoms with Gasteiger partial charge in [0.15, 0.2) is 0 Å². The van der Waals surface area contributed by atoms with Crippen molar-refractivity contribution in [1.82, 2.24) is 4.98 Å². The lowest BCUT2D eigenvalue weighted by Crippen LogP contribution is -1.90. The van der Waals surface area contributed by atoms with Gasteiger partial charge >= 0.3 is 0 Å². The number of rotatable bonds is 1. The average Bonchev–Trinajstić information content (AvgIpc) is 2.41. The summed E-state index contributed by atoms with van der Waals surface area (Å²) in [7, 11) is 0. The summed E-state index contributed by atoms with van der Waals surface area (Å²) in [5, 5.41) is 11.2. The molecule has 0 amide bonds. The summed E-state index contributed by atoms with van der Waals surface area (Å²) in [4.78, 5) is 3.11. The number of aryl methyl sites for hydroxylation is 2. The van der Waals surface area contributed by atoms with E-state index < -0.39 is 6.10 Å². The number of aromatic amines is 1. The van der Waals surface area contributed by atoms with Crippen LogP contribution in [0.2, 0.25) is 5.15 Å². The van der Waals surface area contributed by atoms with Crippen LogP contribution in [-0.2, 0) is 0 Å². The summed E-state index contributed by atoms with van der Waals surface area (Å²) in [5.74, 6) is 0. The Labute approximate surface area is 93.9 Å². The molecule has 1 heterocycles. The number of nitrogens with one attached hydrogen (secondary N) is 1. The summed E-state index contributed by atoms with van der Waals surface area (Å²) >= 11 is 6.07. The lowest BCUT2D eigenvalue weighted by atomic mass is 10.0. The molecule has 1 aromatic carbocycles. The van der Waals surface area contributed by atoms with Gasteiger partial charge < -0.3 is 10.1 Å². The number of H-pyrrole nitrogens is 1. The van der Waals surface area contributed by atoms with Gasteiger partial charge in [-0.15, -0.1) is 0 Å². The molecule has 0 fully saturated rings. The zero-order valence-corrected chi connectivity index (χ0v) is 9.81. The van der Waals surface area contributed by atoms with Gasteiger partial charge in [0.1, 0.15) is 5.15 Å². The number of halogens is 1. The van der Waals surface area contributed by atoms with Gasteiger partial charge in [-0.1, -0.05) is 23.2 Å². The highest BCUT2D eigenvalue weighted by molar-refractivity contribution is 6.31. The highest BCUT2D eigenvalue weighted by Gasteiger charge is 2.15. The van der Waals surface area contributed by atoms with E-state index in [0.717, 1.165) is 22.0 Å². The van der Waals surface area contributed by atoms with E-state index in [1.165, 1.54) is 5.56 Å². The van der Waals surface area contributed by atoms with Crippen molar-refractivity contribution < 1.29 is 5.11 Å². The zero-order chi connectivity index (χ0) is 11.2. The van der Waals surface area contributed by atoms with Gasteiger partial charge in [-0.25, -0.2) is 0 Å². The van der Waals surface area contributed by atoms with E-state index in [2.05, 4.69) is 11.1 Å². The fourth-order valence-electron chi connectivity index (χ4n) is 2.05. The second-order valence-corrected chi connectivity index (χ2v) is 4.41. The fraction of sp³-hybridized carbons (Fsp3) is 0.333. The quantitative estimate of drug-likeness (QED) is 0.763. The molecule has 1 unspecified atom stereocenters. The minimum atomic E-state index is -0.549. The summed E-state index contributed by atoms with van der Waals surface area (Å²) in [6.45, 7) is 5.80. The summed E-state index contributed by atoms with van der Waals surface area (Å²) in [6.07, 6.45) is -0.549. The van der Waals surface area contributed by atoms with Crippen LogP contribution in [-0.4, -0.2) is 10.1 Å². The minimum absolute atomic E-state index is 0.536. The van der Waals surface area contributed by atoms with Crippen molar-refractivity contribution in [2.45, 2.75) is 26.9 Å². The summed E-state index contributed by atoms with van der Waals surface area (Å²) in [6, 6.07) is 4.15. The maximum absolute atomic E-state index is 9.67. The molecule has 0 spiro atoms. The van der Waals surface area contributed by atoms with E-state index >= 15 is 0 Å². The first kappa shape index (κ1) is 10.5. The van der Waals surface area contributed by atoms with Crippen molar-refractivity contribution >= 4 is 22.5 Å². The first-order valence-electron chi connectivity index (χ1n) is 4.97. The van der Waals surface area contributed by atoms with Crippen LogP contribution in [0.25, 0.3) is 10.9 Å². The monoisotopic (exact) mass is 223 g/mol. The molecular formula is C12H14ClNO. The van der Waals surface area contributed by atoms with Crippen LogP contribution >= 0.6 is 11.6 Å². The number of hydrogen-bond acceptors (Lipinski definition) is 1. The Morgan fingerprint density at radius 1 is 1.33 bits per heavy atom. The number of fused-ring (bicyclic) bond motifs is 1. The van der Waals surface area contributed by atoms with Gasteiger partial charge in [0.25, 0.3) is 0 Å². The second-order valence-electron chi connectivity index (χ2n) is 4.03. The van der Waals surface area contributed by atoms with Crippen molar-refractivity contribution in [2.75, 3.05) is 0 Å². The molecule has 2 nitrogen and oxygen atoms in total. The SMILES string of the molecule is Cc1cc(C)c2[nH]c(Cl)c(C(C)O)c2c1. The van der Waals surface area contributed by atoms with E-state index in [1.54, 1.807) is 6.92 Å². The molecular weight excluding hydrogens is 210 g/mol. The Morgan fingerprint density at radius 3 is 2.60 bits per heavy atom. The molecule has 0 aliphatic carbocycles. The van der Waals surface area contributed by atoms with E-state index in [9.17, 15) is 5.11 Å². The molecule has 1 aromatic heterocycles. The van der Waals surface area contributed by atoms with Crippen LogP contribution in [0, 0.1) is 13.8 Å². The maximum atomic E-state index is 9.67. The molecule has 80 valence electrons. The lowest BCUT2D eigenvalue weighted by Gasteiger charge is -2.04. The molecule has 0 saturated carbocycles. The first-order chi connectivity index (χ1) is 7.00. The Kier molecular flexibility index (Phi) is 2.49.